The van der Waals surface area contributed by atoms with Crippen LogP contribution in [-0.2, 0) is 0 Å². The minimum atomic E-state index is -1.56. The van der Waals surface area contributed by atoms with Crippen LogP contribution < -0.4 is 5.32 Å². The molecule has 0 saturated carbocycles. The SMILES string of the molecule is Fc1ccc2sc(Nc3c(F)c(F)cc(F)c3F)nc2c1. The Hall–Kier alpha value is -2.22. The van der Waals surface area contributed by atoms with Crippen molar-refractivity contribution in [1.82, 2.24) is 4.98 Å². The van der Waals surface area contributed by atoms with Crippen molar-refractivity contribution < 1.29 is 22.0 Å². The second-order valence-electron chi connectivity index (χ2n) is 4.10. The fourth-order valence-corrected chi connectivity index (χ4v) is 2.59. The molecule has 2 aromatic carbocycles. The second kappa shape index (κ2) is 4.96. The van der Waals surface area contributed by atoms with E-state index in [9.17, 15) is 22.0 Å². The van der Waals surface area contributed by atoms with Crippen LogP contribution in [-0.4, -0.2) is 4.98 Å². The molecular weight excluding hydrogens is 311 g/mol. The third-order valence-corrected chi connectivity index (χ3v) is 3.65. The monoisotopic (exact) mass is 316 g/mol. The van der Waals surface area contributed by atoms with E-state index in [0.29, 0.717) is 4.70 Å². The van der Waals surface area contributed by atoms with Crippen molar-refractivity contribution in [3.63, 3.8) is 0 Å². The average molecular weight is 316 g/mol. The van der Waals surface area contributed by atoms with Crippen LogP contribution >= 0.6 is 11.3 Å². The molecule has 0 aliphatic heterocycles. The molecule has 21 heavy (non-hydrogen) atoms. The summed E-state index contributed by atoms with van der Waals surface area (Å²) in [5, 5.41) is 2.17. The molecular formula is C13H5F5N2S. The first kappa shape index (κ1) is 13.7. The molecule has 3 rings (SSSR count). The van der Waals surface area contributed by atoms with E-state index in [0.717, 1.165) is 17.4 Å². The van der Waals surface area contributed by atoms with E-state index in [2.05, 4.69) is 10.3 Å². The molecule has 0 bridgehead atoms. The molecule has 8 heteroatoms. The Morgan fingerprint density at radius 1 is 0.905 bits per heavy atom. The smallest absolute Gasteiger partial charge is 0.188 e. The minimum absolute atomic E-state index is 0.0154. The van der Waals surface area contributed by atoms with Gasteiger partial charge in [-0.15, -0.1) is 0 Å². The van der Waals surface area contributed by atoms with Gasteiger partial charge in [-0.25, -0.2) is 26.9 Å². The van der Waals surface area contributed by atoms with Gasteiger partial charge in [0.1, 0.15) is 11.5 Å². The van der Waals surface area contributed by atoms with Crippen molar-refractivity contribution in [2.45, 2.75) is 0 Å². The normalized spacial score (nSPS) is 11.1. The maximum absolute atomic E-state index is 13.5. The maximum atomic E-state index is 13.5. The molecule has 1 aromatic heterocycles. The Morgan fingerprint density at radius 2 is 1.57 bits per heavy atom. The zero-order chi connectivity index (χ0) is 15.1. The first-order valence-corrected chi connectivity index (χ1v) is 6.43. The highest BCUT2D eigenvalue weighted by Crippen LogP contribution is 2.32. The van der Waals surface area contributed by atoms with E-state index in [1.54, 1.807) is 0 Å². The lowest BCUT2D eigenvalue weighted by Crippen LogP contribution is -2.02. The van der Waals surface area contributed by atoms with Crippen molar-refractivity contribution in [3.05, 3.63) is 53.4 Å². The standard InChI is InChI=1S/C13H5F5N2S/c14-5-1-2-9-8(3-5)19-13(21-9)20-12-10(17)6(15)4-7(16)11(12)18/h1-4H,(H,19,20). The number of nitrogens with one attached hydrogen (secondary N) is 1. The molecule has 0 fully saturated rings. The van der Waals surface area contributed by atoms with E-state index < -0.39 is 34.8 Å². The van der Waals surface area contributed by atoms with Crippen molar-refractivity contribution >= 4 is 32.4 Å². The number of rotatable bonds is 2. The molecule has 2 nitrogen and oxygen atoms in total. The lowest BCUT2D eigenvalue weighted by Gasteiger charge is -2.07. The number of anilines is 2. The summed E-state index contributed by atoms with van der Waals surface area (Å²) < 4.78 is 66.8. The minimum Gasteiger partial charge on any atom is -0.326 e. The summed E-state index contributed by atoms with van der Waals surface area (Å²) in [5.74, 6) is -6.68. The Kier molecular flexibility index (Phi) is 3.25. The zero-order valence-corrected chi connectivity index (χ0v) is 10.9. The van der Waals surface area contributed by atoms with E-state index in [1.807, 2.05) is 0 Å². The van der Waals surface area contributed by atoms with Gasteiger partial charge in [0, 0.05) is 12.1 Å². The molecule has 0 saturated heterocycles. The summed E-state index contributed by atoms with van der Waals surface area (Å²) in [7, 11) is 0. The highest BCUT2D eigenvalue weighted by molar-refractivity contribution is 7.22. The van der Waals surface area contributed by atoms with Gasteiger partial charge < -0.3 is 5.32 Å². The predicted molar refractivity (Wildman–Crippen MR) is 69.1 cm³/mol. The summed E-state index contributed by atoms with van der Waals surface area (Å²) in [6, 6.07) is 3.89. The number of nitrogens with zero attached hydrogens (tertiary/aromatic N) is 1. The summed E-state index contributed by atoms with van der Waals surface area (Å²) in [6.07, 6.45) is 0. The van der Waals surface area contributed by atoms with E-state index in [-0.39, 0.29) is 16.7 Å². The van der Waals surface area contributed by atoms with Gasteiger partial charge in [-0.1, -0.05) is 11.3 Å². The van der Waals surface area contributed by atoms with Crippen LogP contribution in [0.25, 0.3) is 10.2 Å². The number of fused-ring (bicyclic) bond motifs is 1. The van der Waals surface area contributed by atoms with Gasteiger partial charge in [0.05, 0.1) is 10.2 Å². The average Bonchev–Trinajstić information content (AvgIpc) is 2.83. The number of aromatic nitrogens is 1. The third kappa shape index (κ3) is 2.42. The number of halogens is 5. The molecule has 0 atom stereocenters. The number of hydrogen-bond donors (Lipinski definition) is 1. The summed E-state index contributed by atoms with van der Waals surface area (Å²) in [4.78, 5) is 3.90. The molecule has 108 valence electrons. The van der Waals surface area contributed by atoms with Crippen LogP contribution in [0.3, 0.4) is 0 Å². The van der Waals surface area contributed by atoms with E-state index in [4.69, 9.17) is 0 Å². The number of hydrogen-bond acceptors (Lipinski definition) is 3. The Bertz CT molecular complexity index is 820. The second-order valence-corrected chi connectivity index (χ2v) is 5.13. The van der Waals surface area contributed by atoms with Gasteiger partial charge in [0.2, 0.25) is 0 Å². The van der Waals surface area contributed by atoms with Gasteiger partial charge in [-0.2, -0.15) is 0 Å². The van der Waals surface area contributed by atoms with Gasteiger partial charge in [0.15, 0.2) is 28.4 Å². The van der Waals surface area contributed by atoms with Gasteiger partial charge in [-0.3, -0.25) is 0 Å². The number of benzene rings is 2. The molecule has 0 aliphatic carbocycles. The first-order valence-electron chi connectivity index (χ1n) is 5.62. The maximum Gasteiger partial charge on any atom is 0.188 e. The fraction of sp³-hybridized carbons (Fsp3) is 0. The van der Waals surface area contributed by atoms with Crippen LogP contribution in [0, 0.1) is 29.1 Å². The lowest BCUT2D eigenvalue weighted by atomic mass is 10.2. The molecule has 0 aliphatic rings. The van der Waals surface area contributed by atoms with Crippen LogP contribution in [0.15, 0.2) is 24.3 Å². The predicted octanol–water partition coefficient (Wildman–Crippen LogP) is 4.74. The molecule has 0 unspecified atom stereocenters. The summed E-state index contributed by atoms with van der Waals surface area (Å²) in [5.41, 5.74) is -0.716. The van der Waals surface area contributed by atoms with Gasteiger partial charge in [-0.05, 0) is 12.1 Å². The van der Waals surface area contributed by atoms with Crippen LogP contribution in [0.1, 0.15) is 0 Å². The highest BCUT2D eigenvalue weighted by Gasteiger charge is 2.20. The molecule has 3 aromatic rings. The van der Waals surface area contributed by atoms with E-state index >= 15 is 0 Å². The molecule has 1 heterocycles. The molecule has 0 spiro atoms. The third-order valence-electron chi connectivity index (χ3n) is 2.69. The quantitative estimate of drug-likeness (QED) is 0.546. The van der Waals surface area contributed by atoms with Crippen molar-refractivity contribution in [2.75, 3.05) is 5.32 Å². The highest BCUT2D eigenvalue weighted by atomic mass is 32.1. The zero-order valence-electron chi connectivity index (χ0n) is 10.1. The summed E-state index contributed by atoms with van der Waals surface area (Å²) >= 11 is 0.963. The fourth-order valence-electron chi connectivity index (χ4n) is 1.74. The molecule has 1 N–H and O–H groups in total. The van der Waals surface area contributed by atoms with Crippen LogP contribution in [0.4, 0.5) is 32.8 Å². The Balaban J connectivity index is 2.06. The lowest BCUT2D eigenvalue weighted by molar-refractivity contribution is 0.459. The van der Waals surface area contributed by atoms with Gasteiger partial charge in [0.25, 0.3) is 0 Å². The number of thiazole rings is 1. The molecule has 0 radical (unpaired) electrons. The van der Waals surface area contributed by atoms with Crippen molar-refractivity contribution in [3.8, 4) is 0 Å². The Morgan fingerprint density at radius 3 is 2.24 bits per heavy atom. The summed E-state index contributed by atoms with van der Waals surface area (Å²) in [6.45, 7) is 0. The van der Waals surface area contributed by atoms with Crippen LogP contribution in [0.5, 0.6) is 0 Å². The van der Waals surface area contributed by atoms with Gasteiger partial charge >= 0.3 is 0 Å². The first-order chi connectivity index (χ1) is 9.95. The van der Waals surface area contributed by atoms with Crippen molar-refractivity contribution in [2.24, 2.45) is 0 Å². The van der Waals surface area contributed by atoms with Crippen molar-refractivity contribution in [1.29, 1.82) is 0 Å². The topological polar surface area (TPSA) is 24.9 Å². The van der Waals surface area contributed by atoms with Crippen LogP contribution in [0.2, 0.25) is 0 Å². The largest absolute Gasteiger partial charge is 0.326 e. The molecule has 0 amide bonds. The Labute approximate surface area is 118 Å². The van der Waals surface area contributed by atoms with E-state index in [1.165, 1.54) is 12.1 Å².